The third-order valence-electron chi connectivity index (χ3n) is 6.16. The van der Waals surface area contributed by atoms with E-state index in [4.69, 9.17) is 4.74 Å². The Morgan fingerprint density at radius 1 is 1.19 bits per heavy atom. The van der Waals surface area contributed by atoms with Crippen molar-refractivity contribution in [2.45, 2.75) is 18.9 Å². The summed E-state index contributed by atoms with van der Waals surface area (Å²) in [7, 11) is 4.92. The monoisotopic (exact) mass is 368 g/mol. The van der Waals surface area contributed by atoms with Gasteiger partial charge in [-0.3, -0.25) is 19.3 Å². The van der Waals surface area contributed by atoms with Gasteiger partial charge in [0.05, 0.1) is 31.4 Å². The minimum atomic E-state index is -0.611. The van der Waals surface area contributed by atoms with Gasteiger partial charge in [-0.25, -0.2) is 0 Å². The molecular formula is C21H24N2O4. The van der Waals surface area contributed by atoms with Crippen molar-refractivity contribution in [1.29, 1.82) is 0 Å². The summed E-state index contributed by atoms with van der Waals surface area (Å²) in [5.74, 6) is -0.00101. The Hall–Kier alpha value is -2.63. The first-order valence-corrected chi connectivity index (χ1v) is 9.31. The fourth-order valence-electron chi connectivity index (χ4n) is 4.79. The molecule has 27 heavy (non-hydrogen) atoms. The number of carbonyl (C=O) groups is 3. The first-order valence-electron chi connectivity index (χ1n) is 9.31. The summed E-state index contributed by atoms with van der Waals surface area (Å²) in [5.41, 5.74) is 0.742. The molecule has 0 radical (unpaired) electrons. The summed E-state index contributed by atoms with van der Waals surface area (Å²) in [5, 5.41) is 0. The number of amides is 3. The Kier molecular flexibility index (Phi) is 4.29. The van der Waals surface area contributed by atoms with Crippen molar-refractivity contribution >= 4 is 17.7 Å². The number of imide groups is 1. The van der Waals surface area contributed by atoms with E-state index in [1.807, 2.05) is 12.1 Å². The number of likely N-dealkylation sites (tertiary alicyclic amines) is 1. The number of carbonyl (C=O) groups excluding carboxylic acids is 3. The van der Waals surface area contributed by atoms with Crippen LogP contribution in [0, 0.1) is 23.7 Å². The lowest BCUT2D eigenvalue weighted by Gasteiger charge is -2.29. The number of nitrogens with zero attached hydrogens (tertiary/aromatic N) is 2. The topological polar surface area (TPSA) is 66.9 Å². The van der Waals surface area contributed by atoms with E-state index >= 15 is 0 Å². The molecule has 0 aromatic heterocycles. The van der Waals surface area contributed by atoms with Crippen LogP contribution in [0.3, 0.4) is 0 Å². The number of fused-ring (bicyclic) bond motifs is 5. The van der Waals surface area contributed by atoms with Gasteiger partial charge in [0, 0.05) is 14.1 Å². The zero-order chi connectivity index (χ0) is 19.3. The lowest BCUT2D eigenvalue weighted by atomic mass is 9.85. The van der Waals surface area contributed by atoms with Gasteiger partial charge in [-0.2, -0.15) is 0 Å². The van der Waals surface area contributed by atoms with Crippen LogP contribution in [0.4, 0.5) is 0 Å². The second-order valence-electron chi connectivity index (χ2n) is 7.83. The Bertz CT molecular complexity index is 801. The number of hydrogen-bond donors (Lipinski definition) is 0. The van der Waals surface area contributed by atoms with E-state index in [2.05, 4.69) is 12.2 Å². The van der Waals surface area contributed by atoms with E-state index in [9.17, 15) is 14.4 Å². The Labute approximate surface area is 158 Å². The molecule has 1 aromatic carbocycles. The zero-order valence-electron chi connectivity index (χ0n) is 15.8. The predicted molar refractivity (Wildman–Crippen MR) is 98.6 cm³/mol. The standard InChI is InChI=1S/C21H24N2O4/c1-22(2)17(24)11-16(12-5-4-6-15(10-12)27-3)23-20(25)18-13-7-8-14(9-13)19(18)21(23)26/h4-8,10,13-14,16,18-19H,9,11H2,1-3H3. The van der Waals surface area contributed by atoms with Crippen LogP contribution in [0.5, 0.6) is 5.75 Å². The molecule has 5 unspecified atom stereocenters. The van der Waals surface area contributed by atoms with E-state index in [-0.39, 0.29) is 47.8 Å². The van der Waals surface area contributed by atoms with E-state index in [1.54, 1.807) is 33.3 Å². The van der Waals surface area contributed by atoms with Crippen LogP contribution >= 0.6 is 0 Å². The largest absolute Gasteiger partial charge is 0.497 e. The molecule has 5 atom stereocenters. The van der Waals surface area contributed by atoms with Crippen molar-refractivity contribution < 1.29 is 19.1 Å². The molecule has 3 aliphatic rings. The molecule has 1 saturated carbocycles. The summed E-state index contributed by atoms with van der Waals surface area (Å²) in [4.78, 5) is 41.8. The highest BCUT2D eigenvalue weighted by Crippen LogP contribution is 2.54. The molecule has 2 bridgehead atoms. The highest BCUT2D eigenvalue weighted by atomic mass is 16.5. The molecule has 3 amide bonds. The number of hydrogen-bond acceptors (Lipinski definition) is 4. The van der Waals surface area contributed by atoms with Crippen LogP contribution in [-0.4, -0.2) is 48.7 Å². The van der Waals surface area contributed by atoms with E-state index in [0.29, 0.717) is 5.75 Å². The molecule has 1 heterocycles. The van der Waals surface area contributed by atoms with Crippen LogP contribution in [0.15, 0.2) is 36.4 Å². The van der Waals surface area contributed by atoms with Crippen LogP contribution < -0.4 is 4.74 Å². The van der Waals surface area contributed by atoms with Crippen LogP contribution in [0.1, 0.15) is 24.4 Å². The predicted octanol–water partition coefficient (Wildman–Crippen LogP) is 2.02. The molecule has 2 aliphatic carbocycles. The van der Waals surface area contributed by atoms with Crippen LogP contribution in [-0.2, 0) is 14.4 Å². The molecule has 2 fully saturated rings. The van der Waals surface area contributed by atoms with Gasteiger partial charge in [0.1, 0.15) is 5.75 Å². The summed E-state index contributed by atoms with van der Waals surface area (Å²) >= 11 is 0. The lowest BCUT2D eigenvalue weighted by molar-refractivity contribution is -0.145. The number of allylic oxidation sites excluding steroid dienone is 2. The lowest BCUT2D eigenvalue weighted by Crippen LogP contribution is -2.39. The third kappa shape index (κ3) is 2.74. The Morgan fingerprint density at radius 2 is 1.81 bits per heavy atom. The molecule has 4 rings (SSSR count). The van der Waals surface area contributed by atoms with Gasteiger partial charge in [0.25, 0.3) is 0 Å². The van der Waals surface area contributed by atoms with Crippen molar-refractivity contribution in [2.75, 3.05) is 21.2 Å². The molecule has 6 nitrogen and oxygen atoms in total. The number of benzene rings is 1. The SMILES string of the molecule is COc1cccc(C(CC(=O)N(C)C)N2C(=O)C3C4C=CC(C4)C3C2=O)c1. The average molecular weight is 368 g/mol. The first kappa shape index (κ1) is 17.8. The molecule has 1 aliphatic heterocycles. The fourth-order valence-corrected chi connectivity index (χ4v) is 4.79. The summed E-state index contributed by atoms with van der Waals surface area (Å²) < 4.78 is 5.30. The minimum Gasteiger partial charge on any atom is -0.497 e. The van der Waals surface area contributed by atoms with E-state index in [0.717, 1.165) is 12.0 Å². The second-order valence-corrected chi connectivity index (χ2v) is 7.83. The minimum absolute atomic E-state index is 0.0693. The number of rotatable bonds is 5. The maximum Gasteiger partial charge on any atom is 0.234 e. The molecule has 142 valence electrons. The summed E-state index contributed by atoms with van der Waals surface area (Å²) in [6.45, 7) is 0. The molecule has 1 aromatic rings. The molecule has 0 N–H and O–H groups in total. The summed E-state index contributed by atoms with van der Waals surface area (Å²) in [6, 6.07) is 6.66. The van der Waals surface area contributed by atoms with E-state index in [1.165, 1.54) is 9.80 Å². The van der Waals surface area contributed by atoms with Crippen molar-refractivity contribution in [3.63, 3.8) is 0 Å². The number of ether oxygens (including phenoxy) is 1. The third-order valence-corrected chi connectivity index (χ3v) is 6.16. The van der Waals surface area contributed by atoms with Gasteiger partial charge >= 0.3 is 0 Å². The van der Waals surface area contributed by atoms with Crippen LogP contribution in [0.25, 0.3) is 0 Å². The van der Waals surface area contributed by atoms with Crippen molar-refractivity contribution in [1.82, 2.24) is 9.80 Å². The van der Waals surface area contributed by atoms with Gasteiger partial charge in [0.15, 0.2) is 0 Å². The smallest absolute Gasteiger partial charge is 0.234 e. The fraction of sp³-hybridized carbons (Fsp3) is 0.476. The van der Waals surface area contributed by atoms with Crippen molar-refractivity contribution in [3.05, 3.63) is 42.0 Å². The molecular weight excluding hydrogens is 344 g/mol. The Morgan fingerprint density at radius 3 is 2.37 bits per heavy atom. The second kappa shape index (κ2) is 6.51. The van der Waals surface area contributed by atoms with E-state index < -0.39 is 6.04 Å². The maximum absolute atomic E-state index is 13.2. The highest BCUT2D eigenvalue weighted by Gasteiger charge is 2.60. The van der Waals surface area contributed by atoms with Gasteiger partial charge in [-0.1, -0.05) is 24.3 Å². The Balaban J connectivity index is 1.71. The van der Waals surface area contributed by atoms with Gasteiger partial charge in [-0.15, -0.1) is 0 Å². The first-order chi connectivity index (χ1) is 12.9. The summed E-state index contributed by atoms with van der Waals surface area (Å²) in [6.07, 6.45) is 5.11. The normalized spacial score (nSPS) is 29.2. The highest BCUT2D eigenvalue weighted by molar-refractivity contribution is 6.07. The molecule has 6 heteroatoms. The van der Waals surface area contributed by atoms with Gasteiger partial charge < -0.3 is 9.64 Å². The zero-order valence-corrected chi connectivity index (χ0v) is 15.8. The quantitative estimate of drug-likeness (QED) is 0.589. The maximum atomic E-state index is 13.2. The number of methoxy groups -OCH3 is 1. The van der Waals surface area contributed by atoms with Crippen molar-refractivity contribution in [3.8, 4) is 5.75 Å². The van der Waals surface area contributed by atoms with Gasteiger partial charge in [-0.05, 0) is 36.0 Å². The molecule has 1 saturated heterocycles. The van der Waals surface area contributed by atoms with Crippen LogP contribution in [0.2, 0.25) is 0 Å². The average Bonchev–Trinajstić information content (AvgIpc) is 3.34. The van der Waals surface area contributed by atoms with Crippen molar-refractivity contribution in [2.24, 2.45) is 23.7 Å². The molecule has 0 spiro atoms. The van der Waals surface area contributed by atoms with Gasteiger partial charge in [0.2, 0.25) is 17.7 Å².